The van der Waals surface area contributed by atoms with Crippen molar-refractivity contribution in [1.29, 1.82) is 5.26 Å². The topological polar surface area (TPSA) is 91.3 Å². The van der Waals surface area contributed by atoms with E-state index in [1.807, 2.05) is 24.0 Å². The smallest absolute Gasteiger partial charge is 0.270 e. The predicted octanol–water partition coefficient (Wildman–Crippen LogP) is 2.75. The molecule has 0 saturated carbocycles. The zero-order chi connectivity index (χ0) is 20.1. The van der Waals surface area contributed by atoms with Crippen LogP contribution in [0.3, 0.4) is 0 Å². The summed E-state index contributed by atoms with van der Waals surface area (Å²) < 4.78 is 7.15. The fraction of sp³-hybridized carbons (Fsp3) is 0.476. The minimum Gasteiger partial charge on any atom is -0.465 e. The van der Waals surface area contributed by atoms with E-state index >= 15 is 0 Å². The lowest BCUT2D eigenvalue weighted by atomic mass is 9.93. The van der Waals surface area contributed by atoms with Gasteiger partial charge in [-0.05, 0) is 50.3 Å². The summed E-state index contributed by atoms with van der Waals surface area (Å²) >= 11 is 0. The number of hydrogen-bond donors (Lipinski definition) is 1. The number of carbonyl (C=O) groups is 2. The number of likely N-dealkylation sites (tertiary alicyclic amines) is 1. The van der Waals surface area contributed by atoms with Crippen LogP contribution in [0.4, 0.5) is 0 Å². The molecule has 1 saturated heterocycles. The number of aryl methyl sites for hydroxylation is 2. The van der Waals surface area contributed by atoms with Gasteiger partial charge < -0.3 is 19.2 Å². The van der Waals surface area contributed by atoms with E-state index in [0.29, 0.717) is 43.2 Å². The molecule has 0 unspecified atom stereocenters. The molecule has 2 aromatic rings. The highest BCUT2D eigenvalue weighted by atomic mass is 16.3. The lowest BCUT2D eigenvalue weighted by Crippen LogP contribution is -2.40. The van der Waals surface area contributed by atoms with Crippen LogP contribution in [0.15, 0.2) is 28.8 Å². The number of nitriles is 1. The van der Waals surface area contributed by atoms with Gasteiger partial charge in [0, 0.05) is 32.8 Å². The number of piperidine rings is 1. The van der Waals surface area contributed by atoms with Crippen molar-refractivity contribution >= 4 is 11.8 Å². The van der Waals surface area contributed by atoms with Gasteiger partial charge in [0.2, 0.25) is 5.91 Å². The van der Waals surface area contributed by atoms with Gasteiger partial charge in [-0.2, -0.15) is 5.26 Å². The minimum atomic E-state index is -0.0497. The van der Waals surface area contributed by atoms with Crippen molar-refractivity contribution in [3.05, 3.63) is 47.2 Å². The third-order valence-corrected chi connectivity index (χ3v) is 5.19. The number of nitrogens with one attached hydrogen (secondary N) is 1. The third-order valence-electron chi connectivity index (χ3n) is 5.19. The van der Waals surface area contributed by atoms with E-state index in [9.17, 15) is 9.59 Å². The molecular weight excluding hydrogens is 356 g/mol. The second kappa shape index (κ2) is 8.79. The van der Waals surface area contributed by atoms with Crippen molar-refractivity contribution in [2.45, 2.75) is 39.2 Å². The second-order valence-corrected chi connectivity index (χ2v) is 7.42. The average molecular weight is 382 g/mol. The van der Waals surface area contributed by atoms with Crippen molar-refractivity contribution in [2.24, 2.45) is 13.0 Å². The standard InChI is InChI=1S/C21H26N4O3/c1-15-5-7-18(28-15)12-23-20(26)8-6-16-4-3-9-25(14-16)21(27)19-10-17(11-22)13-24(19)2/h5,7,10,13,16H,3-4,6,8-9,12,14H2,1-2H3,(H,23,26)/t16-/m0/s1. The first-order valence-corrected chi connectivity index (χ1v) is 9.64. The van der Waals surface area contributed by atoms with Gasteiger partial charge in [-0.1, -0.05) is 0 Å². The molecule has 28 heavy (non-hydrogen) atoms. The first-order chi connectivity index (χ1) is 13.5. The fourth-order valence-corrected chi connectivity index (χ4v) is 3.67. The molecule has 1 fully saturated rings. The van der Waals surface area contributed by atoms with E-state index in [1.165, 1.54) is 0 Å². The average Bonchev–Trinajstić information content (AvgIpc) is 3.29. The van der Waals surface area contributed by atoms with E-state index in [-0.39, 0.29) is 11.8 Å². The molecule has 2 aromatic heterocycles. The van der Waals surface area contributed by atoms with Crippen LogP contribution in [0.1, 0.15) is 53.3 Å². The Labute approximate surface area is 164 Å². The number of hydrogen-bond acceptors (Lipinski definition) is 4. The van der Waals surface area contributed by atoms with Crippen LogP contribution in [-0.2, 0) is 18.4 Å². The molecule has 3 heterocycles. The predicted molar refractivity (Wildman–Crippen MR) is 103 cm³/mol. The van der Waals surface area contributed by atoms with Gasteiger partial charge in [-0.3, -0.25) is 9.59 Å². The maximum atomic E-state index is 12.8. The molecule has 7 heteroatoms. The Balaban J connectivity index is 1.47. The van der Waals surface area contributed by atoms with Crippen molar-refractivity contribution in [1.82, 2.24) is 14.8 Å². The van der Waals surface area contributed by atoms with Crippen LogP contribution >= 0.6 is 0 Å². The molecule has 1 N–H and O–H groups in total. The van der Waals surface area contributed by atoms with Gasteiger partial charge >= 0.3 is 0 Å². The van der Waals surface area contributed by atoms with Gasteiger partial charge in [-0.15, -0.1) is 0 Å². The highest BCUT2D eigenvalue weighted by molar-refractivity contribution is 5.93. The Morgan fingerprint density at radius 1 is 1.39 bits per heavy atom. The van der Waals surface area contributed by atoms with Crippen LogP contribution in [0, 0.1) is 24.2 Å². The summed E-state index contributed by atoms with van der Waals surface area (Å²) in [6.07, 6.45) is 4.81. The Morgan fingerprint density at radius 3 is 2.89 bits per heavy atom. The monoisotopic (exact) mass is 382 g/mol. The number of amides is 2. The van der Waals surface area contributed by atoms with Crippen LogP contribution in [0.5, 0.6) is 0 Å². The van der Waals surface area contributed by atoms with Gasteiger partial charge in [0.25, 0.3) is 5.91 Å². The summed E-state index contributed by atoms with van der Waals surface area (Å²) in [7, 11) is 1.78. The molecule has 0 bridgehead atoms. The van der Waals surface area contributed by atoms with Crippen molar-refractivity contribution in [2.75, 3.05) is 13.1 Å². The SMILES string of the molecule is Cc1ccc(CNC(=O)CC[C@@H]2CCCN(C(=O)c3cc(C#N)cn3C)C2)o1. The second-order valence-electron chi connectivity index (χ2n) is 7.42. The highest BCUT2D eigenvalue weighted by Gasteiger charge is 2.26. The molecular formula is C21H26N4O3. The van der Waals surface area contributed by atoms with Crippen LogP contribution in [0.2, 0.25) is 0 Å². The van der Waals surface area contributed by atoms with E-state index in [1.54, 1.807) is 23.9 Å². The summed E-state index contributed by atoms with van der Waals surface area (Å²) in [5.41, 5.74) is 1.02. The number of aromatic nitrogens is 1. The fourth-order valence-electron chi connectivity index (χ4n) is 3.67. The van der Waals surface area contributed by atoms with Crippen molar-refractivity contribution in [3.63, 3.8) is 0 Å². The van der Waals surface area contributed by atoms with E-state index in [0.717, 1.165) is 30.8 Å². The van der Waals surface area contributed by atoms with Crippen LogP contribution in [-0.4, -0.2) is 34.4 Å². The zero-order valence-electron chi connectivity index (χ0n) is 16.4. The number of rotatable bonds is 6. The van der Waals surface area contributed by atoms with Crippen molar-refractivity contribution in [3.8, 4) is 6.07 Å². The van der Waals surface area contributed by atoms with Crippen molar-refractivity contribution < 1.29 is 14.0 Å². The molecule has 2 amide bonds. The molecule has 1 atom stereocenters. The molecule has 0 aliphatic carbocycles. The number of carbonyl (C=O) groups excluding carboxylic acids is 2. The maximum absolute atomic E-state index is 12.8. The number of nitrogens with zero attached hydrogens (tertiary/aromatic N) is 3. The zero-order valence-corrected chi connectivity index (χ0v) is 16.4. The number of furan rings is 1. The molecule has 0 radical (unpaired) electrons. The lowest BCUT2D eigenvalue weighted by molar-refractivity contribution is -0.121. The molecule has 1 aliphatic rings. The summed E-state index contributed by atoms with van der Waals surface area (Å²) in [5, 5.41) is 11.9. The molecule has 7 nitrogen and oxygen atoms in total. The molecule has 3 rings (SSSR count). The highest BCUT2D eigenvalue weighted by Crippen LogP contribution is 2.23. The van der Waals surface area contributed by atoms with Gasteiger partial charge in [0.1, 0.15) is 23.3 Å². The van der Waals surface area contributed by atoms with Gasteiger partial charge in [0.05, 0.1) is 12.1 Å². The minimum absolute atomic E-state index is 0.00130. The normalized spacial score (nSPS) is 16.6. The first-order valence-electron chi connectivity index (χ1n) is 9.64. The van der Waals surface area contributed by atoms with Crippen LogP contribution < -0.4 is 5.32 Å². The lowest BCUT2D eigenvalue weighted by Gasteiger charge is -2.32. The van der Waals surface area contributed by atoms with E-state index < -0.39 is 0 Å². The molecule has 1 aliphatic heterocycles. The third kappa shape index (κ3) is 4.83. The largest absolute Gasteiger partial charge is 0.465 e. The summed E-state index contributed by atoms with van der Waals surface area (Å²) in [6, 6.07) is 7.44. The van der Waals surface area contributed by atoms with E-state index in [2.05, 4.69) is 11.4 Å². The van der Waals surface area contributed by atoms with Gasteiger partial charge in [-0.25, -0.2) is 0 Å². The summed E-state index contributed by atoms with van der Waals surface area (Å²) in [4.78, 5) is 26.8. The first kappa shape index (κ1) is 19.7. The molecule has 0 aromatic carbocycles. The van der Waals surface area contributed by atoms with E-state index in [4.69, 9.17) is 9.68 Å². The Bertz CT molecular complexity index is 890. The quantitative estimate of drug-likeness (QED) is 0.832. The summed E-state index contributed by atoms with van der Waals surface area (Å²) in [6.45, 7) is 3.64. The van der Waals surface area contributed by atoms with Crippen LogP contribution in [0.25, 0.3) is 0 Å². The molecule has 0 spiro atoms. The van der Waals surface area contributed by atoms with Gasteiger partial charge in [0.15, 0.2) is 0 Å². The Kier molecular flexibility index (Phi) is 6.19. The maximum Gasteiger partial charge on any atom is 0.270 e. The molecule has 148 valence electrons. The Morgan fingerprint density at radius 2 is 2.21 bits per heavy atom. The summed E-state index contributed by atoms with van der Waals surface area (Å²) in [5.74, 6) is 1.84. The Hall–Kier alpha value is -3.01.